The average Bonchev–Trinajstić information content (AvgIpc) is 3.78. The van der Waals surface area contributed by atoms with Crippen LogP contribution in [-0.4, -0.2) is 104 Å². The predicted molar refractivity (Wildman–Crippen MR) is 241 cm³/mol. The molecule has 3 unspecified atom stereocenters. The summed E-state index contributed by atoms with van der Waals surface area (Å²) in [6.07, 6.45) is -5.68. The molecule has 2 amide bonds. The number of nitro groups is 1. The van der Waals surface area contributed by atoms with Crippen LogP contribution in [0.2, 0.25) is 0 Å². The van der Waals surface area contributed by atoms with Gasteiger partial charge < -0.3 is 51.4 Å². The van der Waals surface area contributed by atoms with E-state index in [9.17, 15) is 49.0 Å². The zero-order valence-corrected chi connectivity index (χ0v) is 37.7. The highest BCUT2D eigenvalue weighted by molar-refractivity contribution is 7.47. The first kappa shape index (κ1) is 50.6. The van der Waals surface area contributed by atoms with E-state index in [4.69, 9.17) is 34.8 Å². The first-order valence-corrected chi connectivity index (χ1v) is 22.8. The van der Waals surface area contributed by atoms with Gasteiger partial charge in [0.05, 0.1) is 11.5 Å². The van der Waals surface area contributed by atoms with Crippen molar-refractivity contribution in [2.24, 2.45) is 16.6 Å². The molecule has 68 heavy (non-hydrogen) atoms. The lowest BCUT2D eigenvalue weighted by molar-refractivity contribution is -0.384. The molecule has 1 aliphatic heterocycles. The van der Waals surface area contributed by atoms with Crippen LogP contribution in [0.25, 0.3) is 11.1 Å². The molecule has 24 nitrogen and oxygen atoms in total. The monoisotopic (exact) mass is 965 g/mol. The minimum absolute atomic E-state index is 0.0521. The van der Waals surface area contributed by atoms with E-state index in [-0.39, 0.29) is 62.4 Å². The number of aliphatic imine (C=N–C) groups is 1. The smallest absolute Gasteiger partial charge is 0.459 e. The summed E-state index contributed by atoms with van der Waals surface area (Å²) in [4.78, 5) is 81.2. The maximum Gasteiger partial charge on any atom is 0.493 e. The Morgan fingerprint density at radius 1 is 0.956 bits per heavy atom. The summed E-state index contributed by atoms with van der Waals surface area (Å²) in [5.74, 6) is -2.48. The number of carbonyl (C=O) groups excluding carboxylic acids is 3. The number of nitro benzene ring substituents is 1. The number of aliphatic hydroxyl groups is 2. The number of esters is 1. The first-order valence-electron chi connectivity index (χ1n) is 21.3. The molecule has 0 radical (unpaired) electrons. The second kappa shape index (κ2) is 22.8. The Morgan fingerprint density at radius 2 is 1.62 bits per heavy atom. The topological polar surface area (TPSA) is 354 Å². The largest absolute Gasteiger partial charge is 0.493 e. The Labute approximate surface area is 388 Å². The third kappa shape index (κ3) is 13.2. The van der Waals surface area contributed by atoms with Gasteiger partial charge in [-0.15, -0.1) is 0 Å². The molecule has 1 aromatic heterocycles. The molecular weight excluding hydrogens is 913 g/mol. The number of guanidine groups is 1. The molecule has 1 aliphatic carbocycles. The van der Waals surface area contributed by atoms with Crippen LogP contribution in [0.15, 0.2) is 94.8 Å². The Morgan fingerprint density at radius 3 is 2.25 bits per heavy atom. The Hall–Kier alpha value is -6.79. The van der Waals surface area contributed by atoms with E-state index in [0.29, 0.717) is 5.56 Å². The number of benzene rings is 3. The van der Waals surface area contributed by atoms with Crippen LogP contribution in [-0.2, 0) is 44.1 Å². The number of aliphatic hydroxyl groups excluding tert-OH is 2. The van der Waals surface area contributed by atoms with Gasteiger partial charge in [-0.2, -0.15) is 9.61 Å². The number of phosphoric acid groups is 1. The quantitative estimate of drug-likeness (QED) is 0.0113. The van der Waals surface area contributed by atoms with Crippen molar-refractivity contribution in [2.45, 2.75) is 82.3 Å². The van der Waals surface area contributed by atoms with Crippen molar-refractivity contribution in [3.05, 3.63) is 122 Å². The second-order valence-corrected chi connectivity index (χ2v) is 17.6. The second-order valence-electron chi connectivity index (χ2n) is 16.2. The minimum atomic E-state index is -4.97. The van der Waals surface area contributed by atoms with E-state index in [2.05, 4.69) is 20.6 Å². The number of amides is 2. The molecule has 7 atom stereocenters. The molecule has 0 bridgehead atoms. The van der Waals surface area contributed by atoms with E-state index in [1.165, 1.54) is 36.5 Å². The summed E-state index contributed by atoms with van der Waals surface area (Å²) in [7, 11) is -4.97. The number of phosphoric ester groups is 1. The van der Waals surface area contributed by atoms with E-state index in [1.54, 1.807) is 0 Å². The molecule has 3 aromatic carbocycles. The highest BCUT2D eigenvalue weighted by Crippen LogP contribution is 2.45. The lowest BCUT2D eigenvalue weighted by atomic mass is 9.98. The van der Waals surface area contributed by atoms with Gasteiger partial charge in [-0.25, -0.2) is 24.4 Å². The van der Waals surface area contributed by atoms with Crippen molar-refractivity contribution >= 4 is 43.3 Å². The molecule has 2 heterocycles. The number of hydrogen-bond acceptors (Lipinski definition) is 17. The van der Waals surface area contributed by atoms with Crippen molar-refractivity contribution < 1.29 is 62.3 Å². The van der Waals surface area contributed by atoms with Crippen LogP contribution < -0.4 is 33.3 Å². The molecule has 0 saturated carbocycles. The molecule has 0 spiro atoms. The minimum Gasteiger partial charge on any atom is -0.459 e. The number of nitrogen functional groups attached to an aromatic ring is 1. The van der Waals surface area contributed by atoms with Crippen molar-refractivity contribution in [3.63, 3.8) is 0 Å². The van der Waals surface area contributed by atoms with E-state index < -0.39 is 85.6 Å². The standard InChI is InChI=1S/C43H52N9O15P/c1-24(2)20-33(40(56)63-21-25-13-15-26(16-14-25)52(59)60)47-38(55)32(48-43(58)64-22-31-29-10-5-3-8-27(29)28-9-4-6-11-30(28)31)12-7-18-46-41(45)50-67-68(61,62)65-23-34-36(53)37(54)39(66-34)51-19-17-35(44)49-42(51)57/h3-6,8-11,13-17,19,24,31-34,36-37,39,53-54H,7,12,18,20-23H2,1-2H3,(H,47,55)(H,48,58)(H,61,62)(H2,44,49,57)(H3,45,46,50)/t32?,33?,34-,36-,37-,39-/m1/s1. The van der Waals surface area contributed by atoms with Crippen LogP contribution >= 0.6 is 7.82 Å². The van der Waals surface area contributed by atoms with Crippen LogP contribution in [0, 0.1) is 16.0 Å². The highest BCUT2D eigenvalue weighted by Gasteiger charge is 2.45. The third-order valence-electron chi connectivity index (χ3n) is 10.9. The maximum absolute atomic E-state index is 13.9. The predicted octanol–water partition coefficient (Wildman–Crippen LogP) is 2.27. The number of anilines is 1. The molecular formula is C43H52N9O15P. The molecule has 1 saturated heterocycles. The van der Waals surface area contributed by atoms with E-state index in [1.807, 2.05) is 67.9 Å². The van der Waals surface area contributed by atoms with Gasteiger partial charge >= 0.3 is 25.6 Å². The molecule has 4 aromatic rings. The number of alkyl carbamates (subject to hydrolysis) is 1. The number of nitrogens with two attached hydrogens (primary N) is 2. The lowest BCUT2D eigenvalue weighted by Gasteiger charge is -2.24. The summed E-state index contributed by atoms with van der Waals surface area (Å²) in [6, 6.07) is 19.8. The Bertz CT molecular complexity index is 2530. The molecule has 1 fully saturated rings. The number of nitrogens with one attached hydrogen (secondary N) is 3. The van der Waals surface area contributed by atoms with Gasteiger partial charge in [-0.3, -0.25) is 29.0 Å². The number of rotatable bonds is 21. The molecule has 10 N–H and O–H groups in total. The van der Waals surface area contributed by atoms with Crippen molar-refractivity contribution in [1.29, 1.82) is 0 Å². The maximum atomic E-state index is 13.9. The van der Waals surface area contributed by atoms with E-state index >= 15 is 0 Å². The van der Waals surface area contributed by atoms with Crippen molar-refractivity contribution in [3.8, 4) is 11.1 Å². The first-order chi connectivity index (χ1) is 32.4. The molecule has 2 aliphatic rings. The summed E-state index contributed by atoms with van der Waals surface area (Å²) in [5, 5.41) is 37.2. The zero-order valence-electron chi connectivity index (χ0n) is 36.8. The average molecular weight is 966 g/mol. The van der Waals surface area contributed by atoms with Gasteiger partial charge in [0, 0.05) is 30.8 Å². The lowest BCUT2D eigenvalue weighted by Crippen LogP contribution is -2.52. The summed E-state index contributed by atoms with van der Waals surface area (Å²) in [6.45, 7) is 2.48. The fourth-order valence-electron chi connectivity index (χ4n) is 7.52. The van der Waals surface area contributed by atoms with Crippen LogP contribution in [0.5, 0.6) is 0 Å². The number of hydroxylamine groups is 1. The van der Waals surface area contributed by atoms with Crippen molar-refractivity contribution in [2.75, 3.05) is 25.5 Å². The van der Waals surface area contributed by atoms with Crippen molar-refractivity contribution in [1.82, 2.24) is 25.7 Å². The number of hydrogen-bond donors (Lipinski definition) is 8. The number of aromatic nitrogens is 2. The summed E-state index contributed by atoms with van der Waals surface area (Å²) >= 11 is 0. The molecule has 364 valence electrons. The summed E-state index contributed by atoms with van der Waals surface area (Å²) in [5.41, 5.74) is 16.7. The normalized spacial score (nSPS) is 19.5. The SMILES string of the molecule is CC(C)CC(NC(=O)C(CCCN=C(N)NOP(=O)(O)OC[C@H]1O[C@@H](n2ccc(N)nc2=O)[C@H](O)[C@@H]1O)NC(=O)OCC1c2ccccc2-c2ccccc21)C(=O)OCc1ccc([N+](=O)[O-])cc1. The fourth-order valence-corrected chi connectivity index (χ4v) is 8.12. The van der Waals surface area contributed by atoms with Crippen LogP contribution in [0.4, 0.5) is 16.3 Å². The fraction of sp³-hybridized carbons (Fsp3) is 0.395. The van der Waals surface area contributed by atoms with Crippen LogP contribution in [0.1, 0.15) is 61.9 Å². The summed E-state index contributed by atoms with van der Waals surface area (Å²) < 4.78 is 39.7. The van der Waals surface area contributed by atoms with Gasteiger partial charge in [-0.05, 0) is 71.2 Å². The van der Waals surface area contributed by atoms with Gasteiger partial charge in [0.1, 0.15) is 49.4 Å². The van der Waals surface area contributed by atoms with Crippen LogP contribution in [0.3, 0.4) is 0 Å². The number of nitrogens with zero attached hydrogens (tertiary/aromatic N) is 4. The Kier molecular flexibility index (Phi) is 17.0. The van der Waals surface area contributed by atoms with Gasteiger partial charge in [0.25, 0.3) is 5.69 Å². The Balaban J connectivity index is 1.05. The third-order valence-corrected chi connectivity index (χ3v) is 11.6. The number of ether oxygens (including phenoxy) is 3. The van der Waals surface area contributed by atoms with Gasteiger partial charge in [0.15, 0.2) is 6.23 Å². The molecule has 6 rings (SSSR count). The number of fused-ring (bicyclic) bond motifs is 3. The zero-order chi connectivity index (χ0) is 49.1. The number of non-ortho nitro benzene ring substituents is 1. The van der Waals surface area contributed by atoms with Gasteiger partial charge in [-0.1, -0.05) is 62.4 Å². The van der Waals surface area contributed by atoms with Gasteiger partial charge in [0.2, 0.25) is 11.9 Å². The number of carbonyl (C=O) groups is 3. The molecule has 25 heteroatoms. The van der Waals surface area contributed by atoms with E-state index in [0.717, 1.165) is 26.8 Å². The highest BCUT2D eigenvalue weighted by atomic mass is 31.2.